The first kappa shape index (κ1) is 18.3. The third-order valence-electron chi connectivity index (χ3n) is 4.15. The highest BCUT2D eigenvalue weighted by molar-refractivity contribution is 6.07. The van der Waals surface area contributed by atoms with Crippen LogP contribution in [0.3, 0.4) is 0 Å². The van der Waals surface area contributed by atoms with Crippen LogP contribution >= 0.6 is 0 Å². The molecule has 0 fully saturated rings. The van der Waals surface area contributed by atoms with E-state index in [1.54, 1.807) is 30.6 Å². The van der Waals surface area contributed by atoms with Crippen LogP contribution in [0.2, 0.25) is 0 Å². The molecular weight excluding hydrogens is 346 g/mol. The Morgan fingerprint density at radius 1 is 1.04 bits per heavy atom. The molecule has 0 bridgehead atoms. The largest absolute Gasteiger partial charge is 0.481 e. The Morgan fingerprint density at radius 3 is 2.63 bits per heavy atom. The normalized spacial score (nSPS) is 11.6. The molecule has 7 heteroatoms. The van der Waals surface area contributed by atoms with Crippen LogP contribution in [-0.4, -0.2) is 42.1 Å². The Hall–Kier alpha value is -3.48. The number of carbonyl (C=O) groups excluding carboxylic acids is 2. The summed E-state index contributed by atoms with van der Waals surface area (Å²) in [7, 11) is 2.78. The van der Waals surface area contributed by atoms with Crippen LogP contribution in [0.25, 0.3) is 10.9 Å². The second-order valence-corrected chi connectivity index (χ2v) is 5.80. The van der Waals surface area contributed by atoms with Crippen LogP contribution in [0.5, 0.6) is 5.88 Å². The molecule has 2 heterocycles. The minimum absolute atomic E-state index is 0.193. The molecule has 1 amide bonds. The van der Waals surface area contributed by atoms with Crippen molar-refractivity contribution < 1.29 is 19.1 Å². The van der Waals surface area contributed by atoms with Crippen LogP contribution in [0.15, 0.2) is 54.9 Å². The van der Waals surface area contributed by atoms with Crippen LogP contribution in [0, 0.1) is 0 Å². The summed E-state index contributed by atoms with van der Waals surface area (Å²) in [6.45, 7) is 0. The van der Waals surface area contributed by atoms with Crippen molar-refractivity contribution in [3.63, 3.8) is 0 Å². The van der Waals surface area contributed by atoms with Gasteiger partial charge < -0.3 is 14.8 Å². The highest BCUT2D eigenvalue weighted by atomic mass is 16.5. The third-order valence-corrected chi connectivity index (χ3v) is 4.15. The molecule has 1 atom stereocenters. The quantitative estimate of drug-likeness (QED) is 0.673. The minimum Gasteiger partial charge on any atom is -0.481 e. The SMILES string of the molecule is COC(=O)[C@@H](Cc1cccnc1OC)NC(=O)c1ccnc2ccccc12. The van der Waals surface area contributed by atoms with Crippen LogP contribution in [-0.2, 0) is 16.0 Å². The van der Waals surface area contributed by atoms with Gasteiger partial charge in [-0.05, 0) is 18.2 Å². The second kappa shape index (κ2) is 8.27. The number of nitrogens with zero attached hydrogens (tertiary/aromatic N) is 2. The summed E-state index contributed by atoms with van der Waals surface area (Å²) >= 11 is 0. The minimum atomic E-state index is -0.882. The van der Waals surface area contributed by atoms with Crippen LogP contribution in [0.4, 0.5) is 0 Å². The zero-order chi connectivity index (χ0) is 19.2. The predicted molar refractivity (Wildman–Crippen MR) is 99.5 cm³/mol. The maximum Gasteiger partial charge on any atom is 0.328 e. The van der Waals surface area contributed by atoms with E-state index in [0.717, 1.165) is 0 Å². The number of aromatic nitrogens is 2. The summed E-state index contributed by atoms with van der Waals surface area (Å²) in [6.07, 6.45) is 3.35. The molecule has 1 aromatic carbocycles. The first-order valence-corrected chi connectivity index (χ1v) is 8.34. The number of para-hydroxylation sites is 1. The Balaban J connectivity index is 1.88. The number of ether oxygens (including phenoxy) is 2. The van der Waals surface area contributed by atoms with Gasteiger partial charge in [0, 0.05) is 29.8 Å². The van der Waals surface area contributed by atoms with Gasteiger partial charge in [-0.2, -0.15) is 0 Å². The molecule has 27 heavy (non-hydrogen) atoms. The van der Waals surface area contributed by atoms with Gasteiger partial charge in [0.15, 0.2) is 0 Å². The number of methoxy groups -OCH3 is 2. The zero-order valence-electron chi connectivity index (χ0n) is 15.0. The zero-order valence-corrected chi connectivity index (χ0v) is 15.0. The number of carbonyl (C=O) groups is 2. The fourth-order valence-corrected chi connectivity index (χ4v) is 2.85. The number of amides is 1. The Bertz CT molecular complexity index is 969. The molecule has 0 aliphatic rings. The van der Waals surface area contributed by atoms with E-state index < -0.39 is 12.0 Å². The first-order valence-electron chi connectivity index (χ1n) is 8.34. The van der Waals surface area contributed by atoms with Gasteiger partial charge in [0.1, 0.15) is 6.04 Å². The Labute approximate surface area is 156 Å². The fourth-order valence-electron chi connectivity index (χ4n) is 2.85. The summed E-state index contributed by atoms with van der Waals surface area (Å²) in [6, 6.07) is 11.6. The number of hydrogen-bond acceptors (Lipinski definition) is 6. The number of rotatable bonds is 6. The molecular formula is C20H19N3O4. The molecule has 0 saturated carbocycles. The lowest BCUT2D eigenvalue weighted by molar-refractivity contribution is -0.142. The van der Waals surface area contributed by atoms with Crippen molar-refractivity contribution in [2.75, 3.05) is 14.2 Å². The van der Waals surface area contributed by atoms with Gasteiger partial charge in [0.05, 0.1) is 25.3 Å². The summed E-state index contributed by atoms with van der Waals surface area (Å²) in [5.41, 5.74) is 1.83. The topological polar surface area (TPSA) is 90.4 Å². The average Bonchev–Trinajstić information content (AvgIpc) is 2.72. The predicted octanol–water partition coefficient (Wildman–Crippen LogP) is 2.15. The molecule has 0 unspecified atom stereocenters. The van der Waals surface area contributed by atoms with E-state index in [-0.39, 0.29) is 12.3 Å². The van der Waals surface area contributed by atoms with E-state index in [4.69, 9.17) is 9.47 Å². The van der Waals surface area contributed by atoms with E-state index in [1.807, 2.05) is 24.3 Å². The average molecular weight is 365 g/mol. The smallest absolute Gasteiger partial charge is 0.328 e. The molecule has 1 N–H and O–H groups in total. The van der Waals surface area contributed by atoms with Crippen molar-refractivity contribution in [1.29, 1.82) is 0 Å². The molecule has 138 valence electrons. The van der Waals surface area contributed by atoms with Crippen molar-refractivity contribution in [2.45, 2.75) is 12.5 Å². The molecule has 0 radical (unpaired) electrons. The highest BCUT2D eigenvalue weighted by Crippen LogP contribution is 2.18. The van der Waals surface area contributed by atoms with Gasteiger partial charge in [0.2, 0.25) is 5.88 Å². The van der Waals surface area contributed by atoms with E-state index >= 15 is 0 Å². The van der Waals surface area contributed by atoms with E-state index in [2.05, 4.69) is 15.3 Å². The molecule has 0 aliphatic carbocycles. The number of hydrogen-bond donors (Lipinski definition) is 1. The molecule has 2 aromatic heterocycles. The van der Waals surface area contributed by atoms with Gasteiger partial charge in [-0.1, -0.05) is 24.3 Å². The van der Waals surface area contributed by atoms with Crippen LogP contribution < -0.4 is 10.1 Å². The second-order valence-electron chi connectivity index (χ2n) is 5.80. The van der Waals surface area contributed by atoms with Gasteiger partial charge >= 0.3 is 5.97 Å². The van der Waals surface area contributed by atoms with Crippen molar-refractivity contribution in [2.24, 2.45) is 0 Å². The van der Waals surface area contributed by atoms with Crippen molar-refractivity contribution in [3.8, 4) is 5.88 Å². The first-order chi connectivity index (χ1) is 13.1. The molecule has 3 rings (SSSR count). The van der Waals surface area contributed by atoms with E-state index in [9.17, 15) is 9.59 Å². The third kappa shape index (κ3) is 4.03. The van der Waals surface area contributed by atoms with E-state index in [1.165, 1.54) is 14.2 Å². The lowest BCUT2D eigenvalue weighted by atomic mass is 10.0. The lowest BCUT2D eigenvalue weighted by Gasteiger charge is -2.18. The Morgan fingerprint density at radius 2 is 1.85 bits per heavy atom. The molecule has 3 aromatic rings. The standard InChI is InChI=1S/C20H19N3O4/c1-26-19-13(6-5-10-22-19)12-17(20(25)27-2)23-18(24)15-9-11-21-16-8-4-3-7-14(15)16/h3-11,17H,12H2,1-2H3,(H,23,24)/t17-/m1/s1. The van der Waals surface area contributed by atoms with Gasteiger partial charge in [-0.3, -0.25) is 9.78 Å². The molecule has 7 nitrogen and oxygen atoms in total. The molecule has 0 aliphatic heterocycles. The van der Waals surface area contributed by atoms with Crippen LogP contribution in [0.1, 0.15) is 15.9 Å². The summed E-state index contributed by atoms with van der Waals surface area (Å²) in [4.78, 5) is 33.4. The fraction of sp³-hybridized carbons (Fsp3) is 0.200. The number of nitrogens with one attached hydrogen (secondary N) is 1. The van der Waals surface area contributed by atoms with Gasteiger partial charge in [-0.15, -0.1) is 0 Å². The molecule has 0 spiro atoms. The van der Waals surface area contributed by atoms with Crippen molar-refractivity contribution >= 4 is 22.8 Å². The van der Waals surface area contributed by atoms with E-state index in [0.29, 0.717) is 27.9 Å². The summed E-state index contributed by atoms with van der Waals surface area (Å²) in [5, 5.41) is 3.46. The van der Waals surface area contributed by atoms with Crippen molar-refractivity contribution in [1.82, 2.24) is 15.3 Å². The molecule has 0 saturated heterocycles. The van der Waals surface area contributed by atoms with Gasteiger partial charge in [0.25, 0.3) is 5.91 Å². The maximum absolute atomic E-state index is 12.8. The Kier molecular flexibility index (Phi) is 5.61. The number of fused-ring (bicyclic) bond motifs is 1. The number of pyridine rings is 2. The number of esters is 1. The maximum atomic E-state index is 12.8. The highest BCUT2D eigenvalue weighted by Gasteiger charge is 2.25. The summed E-state index contributed by atoms with van der Waals surface area (Å²) < 4.78 is 10.1. The lowest BCUT2D eigenvalue weighted by Crippen LogP contribution is -2.43. The van der Waals surface area contributed by atoms with Crippen molar-refractivity contribution in [3.05, 3.63) is 66.0 Å². The van der Waals surface area contributed by atoms with Gasteiger partial charge in [-0.25, -0.2) is 9.78 Å². The summed E-state index contributed by atoms with van der Waals surface area (Å²) in [5.74, 6) is -0.533. The number of benzene rings is 1. The monoisotopic (exact) mass is 365 g/mol.